The summed E-state index contributed by atoms with van der Waals surface area (Å²) in [6, 6.07) is 1.12. The fourth-order valence-corrected chi connectivity index (χ4v) is 2.55. The maximum atomic E-state index is 5.08. The van der Waals surface area contributed by atoms with E-state index in [0.29, 0.717) is 12.1 Å². The Balaban J connectivity index is 2.19. The van der Waals surface area contributed by atoms with Gasteiger partial charge < -0.3 is 15.0 Å². The second-order valence-electron chi connectivity index (χ2n) is 4.69. The molecule has 0 radical (unpaired) electrons. The number of nitrogens with zero attached hydrogens (tertiary/aromatic N) is 2. The molecule has 0 aromatic rings. The summed E-state index contributed by atoms with van der Waals surface area (Å²) in [5.41, 5.74) is 0. The number of amidine groups is 1. The maximum Gasteiger partial charge on any atom is 0.156 e. The van der Waals surface area contributed by atoms with Gasteiger partial charge in [0.25, 0.3) is 0 Å². The minimum atomic E-state index is 0.529. The van der Waals surface area contributed by atoms with E-state index in [1.54, 1.807) is 7.11 Å². The molecule has 1 N–H and O–H groups in total. The number of aliphatic imine (C=N–C) groups is 1. The largest absolute Gasteiger partial charge is 0.385 e. The van der Waals surface area contributed by atoms with Gasteiger partial charge in [-0.2, -0.15) is 0 Å². The number of thioether (sulfide) groups is 1. The molecule has 0 aliphatic carbocycles. The highest BCUT2D eigenvalue weighted by Crippen LogP contribution is 2.15. The van der Waals surface area contributed by atoms with Gasteiger partial charge in [-0.05, 0) is 27.3 Å². The van der Waals surface area contributed by atoms with Crippen molar-refractivity contribution in [2.75, 3.05) is 39.6 Å². The van der Waals surface area contributed by atoms with Gasteiger partial charge in [0.05, 0.1) is 6.54 Å². The molecule has 0 spiro atoms. The third-order valence-corrected chi connectivity index (χ3v) is 4.10. The van der Waals surface area contributed by atoms with Gasteiger partial charge in [-0.1, -0.05) is 11.8 Å². The summed E-state index contributed by atoms with van der Waals surface area (Å²) in [5.74, 6) is 1.11. The lowest BCUT2D eigenvalue weighted by Crippen LogP contribution is -2.30. The Morgan fingerprint density at radius 2 is 2.35 bits per heavy atom. The summed E-state index contributed by atoms with van der Waals surface area (Å²) in [6.45, 7) is 7.13. The molecule has 0 bridgehead atoms. The molecule has 17 heavy (non-hydrogen) atoms. The summed E-state index contributed by atoms with van der Waals surface area (Å²) in [6.07, 6.45) is 1.06. The van der Waals surface area contributed by atoms with Crippen molar-refractivity contribution in [3.63, 3.8) is 0 Å². The van der Waals surface area contributed by atoms with Gasteiger partial charge in [0.2, 0.25) is 0 Å². The molecular formula is C12H25N3OS. The summed E-state index contributed by atoms with van der Waals surface area (Å²) < 4.78 is 5.08. The van der Waals surface area contributed by atoms with Crippen LogP contribution in [0.5, 0.6) is 0 Å². The molecule has 1 aliphatic heterocycles. The molecule has 1 rings (SSSR count). The lowest BCUT2D eigenvalue weighted by Gasteiger charge is -2.19. The Morgan fingerprint density at radius 1 is 1.59 bits per heavy atom. The molecule has 5 heteroatoms. The lowest BCUT2D eigenvalue weighted by atomic mass is 10.2. The second-order valence-corrected chi connectivity index (χ2v) is 5.70. The fourth-order valence-electron chi connectivity index (χ4n) is 1.51. The molecule has 1 heterocycles. The minimum absolute atomic E-state index is 0.529. The van der Waals surface area contributed by atoms with E-state index < -0.39 is 0 Å². The van der Waals surface area contributed by atoms with Crippen LogP contribution in [-0.2, 0) is 4.74 Å². The Bertz CT molecular complexity index is 246. The van der Waals surface area contributed by atoms with Gasteiger partial charge in [0.15, 0.2) is 5.17 Å². The monoisotopic (exact) mass is 259 g/mol. The van der Waals surface area contributed by atoms with Crippen molar-refractivity contribution >= 4 is 16.9 Å². The zero-order valence-electron chi connectivity index (χ0n) is 11.4. The van der Waals surface area contributed by atoms with Crippen LogP contribution in [0.3, 0.4) is 0 Å². The van der Waals surface area contributed by atoms with Crippen LogP contribution in [0.1, 0.15) is 20.3 Å². The average molecular weight is 259 g/mol. The number of nitrogens with one attached hydrogen (secondary N) is 1. The normalized spacial score (nSPS) is 22.7. The highest BCUT2D eigenvalue weighted by Gasteiger charge is 2.19. The Morgan fingerprint density at radius 3 is 3.00 bits per heavy atom. The maximum absolute atomic E-state index is 5.08. The van der Waals surface area contributed by atoms with Gasteiger partial charge in [-0.25, -0.2) is 0 Å². The first-order valence-corrected chi connectivity index (χ1v) is 7.25. The topological polar surface area (TPSA) is 36.9 Å². The number of ether oxygens (including phenoxy) is 1. The smallest absolute Gasteiger partial charge is 0.156 e. The summed E-state index contributed by atoms with van der Waals surface area (Å²) >= 11 is 1.83. The molecule has 100 valence electrons. The van der Waals surface area contributed by atoms with E-state index in [1.165, 1.54) is 0 Å². The molecule has 0 aromatic carbocycles. The molecule has 1 aliphatic rings. The van der Waals surface area contributed by atoms with Crippen LogP contribution in [0.2, 0.25) is 0 Å². The third kappa shape index (κ3) is 5.75. The van der Waals surface area contributed by atoms with E-state index in [9.17, 15) is 0 Å². The number of likely N-dealkylation sites (N-methyl/N-ethyl adjacent to an activating group) is 1. The van der Waals surface area contributed by atoms with Gasteiger partial charge >= 0.3 is 0 Å². The average Bonchev–Trinajstić information content (AvgIpc) is 2.74. The Labute approximate surface area is 109 Å². The van der Waals surface area contributed by atoms with Crippen molar-refractivity contribution in [3.05, 3.63) is 0 Å². The molecule has 1 saturated heterocycles. The van der Waals surface area contributed by atoms with Gasteiger partial charge in [-0.15, -0.1) is 0 Å². The minimum Gasteiger partial charge on any atom is -0.385 e. The molecule has 1 unspecified atom stereocenters. The number of hydrogen-bond acceptors (Lipinski definition) is 4. The van der Waals surface area contributed by atoms with Crippen molar-refractivity contribution in [2.45, 2.75) is 32.4 Å². The van der Waals surface area contributed by atoms with Crippen molar-refractivity contribution in [1.29, 1.82) is 0 Å². The number of methoxy groups -OCH3 is 1. The van der Waals surface area contributed by atoms with Crippen LogP contribution in [0, 0.1) is 0 Å². The fraction of sp³-hybridized carbons (Fsp3) is 0.917. The van der Waals surface area contributed by atoms with Gasteiger partial charge in [-0.3, -0.25) is 4.99 Å². The van der Waals surface area contributed by atoms with Crippen LogP contribution >= 0.6 is 11.8 Å². The molecule has 1 fully saturated rings. The molecule has 0 saturated carbocycles. The van der Waals surface area contributed by atoms with Crippen LogP contribution in [0.4, 0.5) is 0 Å². The van der Waals surface area contributed by atoms with E-state index in [0.717, 1.165) is 37.0 Å². The van der Waals surface area contributed by atoms with Crippen LogP contribution in [0.15, 0.2) is 4.99 Å². The standard InChI is InChI=1S/C12H25N3OS/c1-10(2)15(3)7-6-13-12-14-11(9-17-12)5-8-16-4/h10-11H,5-9H2,1-4H3,(H,13,14). The molecule has 1 atom stereocenters. The first-order valence-electron chi connectivity index (χ1n) is 6.26. The first-order chi connectivity index (χ1) is 8.13. The van der Waals surface area contributed by atoms with E-state index >= 15 is 0 Å². The molecule has 4 nitrogen and oxygen atoms in total. The SMILES string of the molecule is COCCC1CSC(=NCCN(C)C(C)C)N1. The summed E-state index contributed by atoms with van der Waals surface area (Å²) in [5, 5.41) is 4.54. The molecule has 0 aromatic heterocycles. The van der Waals surface area contributed by atoms with Gasteiger partial charge in [0, 0.05) is 38.1 Å². The van der Waals surface area contributed by atoms with E-state index in [-0.39, 0.29) is 0 Å². The number of hydrogen-bond donors (Lipinski definition) is 1. The second kappa shape index (κ2) is 7.95. The predicted octanol–water partition coefficient (Wildman–Crippen LogP) is 1.42. The zero-order valence-corrected chi connectivity index (χ0v) is 12.2. The number of rotatable bonds is 7. The third-order valence-electron chi connectivity index (χ3n) is 3.01. The van der Waals surface area contributed by atoms with Crippen LogP contribution < -0.4 is 5.32 Å². The highest BCUT2D eigenvalue weighted by molar-refractivity contribution is 8.14. The lowest BCUT2D eigenvalue weighted by molar-refractivity contribution is 0.188. The van der Waals surface area contributed by atoms with Crippen molar-refractivity contribution in [1.82, 2.24) is 10.2 Å². The van der Waals surface area contributed by atoms with E-state index in [2.05, 4.69) is 36.1 Å². The first kappa shape index (κ1) is 14.8. The van der Waals surface area contributed by atoms with Crippen LogP contribution in [-0.4, -0.2) is 61.8 Å². The molecule has 0 amide bonds. The Kier molecular flexibility index (Phi) is 6.92. The van der Waals surface area contributed by atoms with Gasteiger partial charge in [0.1, 0.15) is 0 Å². The van der Waals surface area contributed by atoms with E-state index in [1.807, 2.05) is 11.8 Å². The van der Waals surface area contributed by atoms with Crippen molar-refractivity contribution < 1.29 is 4.74 Å². The molecular weight excluding hydrogens is 234 g/mol. The Hall–Kier alpha value is -0.260. The zero-order chi connectivity index (χ0) is 12.7. The highest BCUT2D eigenvalue weighted by atomic mass is 32.2. The van der Waals surface area contributed by atoms with E-state index in [4.69, 9.17) is 4.74 Å². The van der Waals surface area contributed by atoms with Crippen LogP contribution in [0.25, 0.3) is 0 Å². The summed E-state index contributed by atoms with van der Waals surface area (Å²) in [7, 11) is 3.89. The quantitative estimate of drug-likeness (QED) is 0.750. The van der Waals surface area contributed by atoms with Crippen molar-refractivity contribution in [3.8, 4) is 0 Å². The predicted molar refractivity (Wildman–Crippen MR) is 75.9 cm³/mol. The summed E-state index contributed by atoms with van der Waals surface area (Å²) in [4.78, 5) is 6.90. The van der Waals surface area contributed by atoms with Crippen molar-refractivity contribution in [2.24, 2.45) is 4.99 Å².